The molecular weight excluding hydrogens is 289 g/mol. The van der Waals surface area contributed by atoms with E-state index in [9.17, 15) is 18.0 Å². The summed E-state index contributed by atoms with van der Waals surface area (Å²) in [5, 5.41) is 9.13. The molecule has 0 heterocycles. The molecule has 0 radical (unpaired) electrons. The number of aliphatic carboxylic acids is 1. The lowest BCUT2D eigenvalue weighted by Gasteiger charge is -2.27. The van der Waals surface area contributed by atoms with E-state index in [0.29, 0.717) is 25.0 Å². The molecule has 0 rings (SSSR count). The number of carbonyl (C=O) groups is 1. The Morgan fingerprint density at radius 2 is 1.85 bits per heavy atom. The molecule has 0 saturated carbocycles. The molecule has 0 aliphatic rings. The Kier molecular flexibility index (Phi) is 8.63. The van der Waals surface area contributed by atoms with Crippen LogP contribution in [-0.4, -0.2) is 27.8 Å². The van der Waals surface area contributed by atoms with E-state index in [-0.39, 0.29) is 17.1 Å². The third-order valence-corrected chi connectivity index (χ3v) is 4.51. The Morgan fingerprint density at radius 3 is 2.30 bits per heavy atom. The molecule has 0 saturated heterocycles. The number of alkyl halides is 3. The van der Waals surface area contributed by atoms with E-state index in [1.54, 1.807) is 11.8 Å². The molecule has 0 bridgehead atoms. The zero-order chi connectivity index (χ0) is 15.8. The SMILES string of the molecule is CCCC(CC(C)(C)SCCCCC(F)(F)F)C(=O)O. The summed E-state index contributed by atoms with van der Waals surface area (Å²) < 4.78 is 35.8. The number of hydrogen-bond donors (Lipinski definition) is 1. The molecule has 0 fully saturated rings. The van der Waals surface area contributed by atoms with Gasteiger partial charge in [0.2, 0.25) is 0 Å². The molecule has 20 heavy (non-hydrogen) atoms. The van der Waals surface area contributed by atoms with E-state index in [0.717, 1.165) is 6.42 Å². The molecule has 0 aromatic carbocycles. The summed E-state index contributed by atoms with van der Waals surface area (Å²) in [6.45, 7) is 5.88. The van der Waals surface area contributed by atoms with Gasteiger partial charge in [0, 0.05) is 11.2 Å². The first-order valence-electron chi connectivity index (χ1n) is 7.01. The van der Waals surface area contributed by atoms with E-state index in [1.807, 2.05) is 20.8 Å². The molecule has 6 heteroatoms. The van der Waals surface area contributed by atoms with Crippen molar-refractivity contribution in [1.82, 2.24) is 0 Å². The summed E-state index contributed by atoms with van der Waals surface area (Å²) >= 11 is 1.57. The van der Waals surface area contributed by atoms with E-state index in [2.05, 4.69) is 0 Å². The van der Waals surface area contributed by atoms with Gasteiger partial charge in [-0.1, -0.05) is 27.2 Å². The Bertz CT molecular complexity index is 291. The van der Waals surface area contributed by atoms with Crippen molar-refractivity contribution in [2.45, 2.75) is 70.2 Å². The summed E-state index contributed by atoms with van der Waals surface area (Å²) in [6.07, 6.45) is -2.13. The van der Waals surface area contributed by atoms with Gasteiger partial charge in [0.1, 0.15) is 0 Å². The second-order valence-electron chi connectivity index (χ2n) is 5.71. The van der Waals surface area contributed by atoms with Crippen molar-refractivity contribution in [2.75, 3.05) is 5.75 Å². The van der Waals surface area contributed by atoms with Crippen molar-refractivity contribution in [2.24, 2.45) is 5.92 Å². The summed E-state index contributed by atoms with van der Waals surface area (Å²) in [7, 11) is 0. The van der Waals surface area contributed by atoms with Crippen LogP contribution in [0.15, 0.2) is 0 Å². The number of carboxylic acid groups (broad SMARTS) is 1. The van der Waals surface area contributed by atoms with Crippen molar-refractivity contribution < 1.29 is 23.1 Å². The molecule has 120 valence electrons. The predicted octanol–water partition coefficient (Wildman–Crippen LogP) is 5.12. The van der Waals surface area contributed by atoms with Gasteiger partial charge in [-0.2, -0.15) is 24.9 Å². The van der Waals surface area contributed by atoms with Crippen LogP contribution in [0.25, 0.3) is 0 Å². The van der Waals surface area contributed by atoms with Crippen LogP contribution in [0.5, 0.6) is 0 Å². The Hall–Kier alpha value is -0.390. The maximum Gasteiger partial charge on any atom is 0.389 e. The second kappa shape index (κ2) is 8.80. The van der Waals surface area contributed by atoms with Crippen LogP contribution >= 0.6 is 11.8 Å². The van der Waals surface area contributed by atoms with Gasteiger partial charge in [-0.25, -0.2) is 0 Å². The van der Waals surface area contributed by atoms with Gasteiger partial charge in [-0.15, -0.1) is 0 Å². The van der Waals surface area contributed by atoms with Crippen molar-refractivity contribution in [3.63, 3.8) is 0 Å². The Labute approximate surface area is 123 Å². The van der Waals surface area contributed by atoms with Gasteiger partial charge in [0.05, 0.1) is 5.92 Å². The minimum absolute atomic E-state index is 0.143. The second-order valence-corrected chi connectivity index (χ2v) is 7.51. The van der Waals surface area contributed by atoms with E-state index >= 15 is 0 Å². The highest BCUT2D eigenvalue weighted by Crippen LogP contribution is 2.34. The molecule has 0 spiro atoms. The van der Waals surface area contributed by atoms with Crippen molar-refractivity contribution >= 4 is 17.7 Å². The average Bonchev–Trinajstić information content (AvgIpc) is 2.25. The molecule has 1 atom stereocenters. The van der Waals surface area contributed by atoms with E-state index in [4.69, 9.17) is 5.11 Å². The standard InChI is InChI=1S/C14H25F3O2S/c1-4-7-11(12(18)19)10-13(2,3)20-9-6-5-8-14(15,16)17/h11H,4-10H2,1-3H3,(H,18,19). The van der Waals surface area contributed by atoms with Crippen molar-refractivity contribution in [3.05, 3.63) is 0 Å². The minimum atomic E-state index is -4.07. The first kappa shape index (κ1) is 19.6. The van der Waals surface area contributed by atoms with Gasteiger partial charge < -0.3 is 5.11 Å². The number of carboxylic acids is 1. The smallest absolute Gasteiger partial charge is 0.389 e. The van der Waals surface area contributed by atoms with Crippen LogP contribution in [0, 0.1) is 5.92 Å². The normalized spacial score (nSPS) is 14.3. The van der Waals surface area contributed by atoms with Gasteiger partial charge in [-0.3, -0.25) is 4.79 Å². The minimum Gasteiger partial charge on any atom is -0.481 e. The number of rotatable bonds is 10. The van der Waals surface area contributed by atoms with Gasteiger partial charge in [0.25, 0.3) is 0 Å². The van der Waals surface area contributed by atoms with E-state index < -0.39 is 18.6 Å². The fourth-order valence-corrected chi connectivity index (χ4v) is 3.31. The van der Waals surface area contributed by atoms with Crippen LogP contribution in [0.3, 0.4) is 0 Å². The predicted molar refractivity (Wildman–Crippen MR) is 77.1 cm³/mol. The summed E-state index contributed by atoms with van der Waals surface area (Å²) in [5.41, 5.74) is 0. The Morgan fingerprint density at radius 1 is 1.25 bits per heavy atom. The Balaban J connectivity index is 4.02. The first-order chi connectivity index (χ1) is 9.07. The molecule has 2 nitrogen and oxygen atoms in total. The number of halogens is 3. The maximum absolute atomic E-state index is 12.0. The molecular formula is C14H25F3O2S. The number of thioether (sulfide) groups is 1. The molecule has 0 aromatic rings. The lowest BCUT2D eigenvalue weighted by Crippen LogP contribution is -2.25. The lowest BCUT2D eigenvalue weighted by atomic mass is 9.93. The fraction of sp³-hybridized carbons (Fsp3) is 0.929. The maximum atomic E-state index is 12.0. The van der Waals surface area contributed by atoms with Crippen LogP contribution in [0.1, 0.15) is 59.3 Å². The fourth-order valence-electron chi connectivity index (χ4n) is 2.09. The largest absolute Gasteiger partial charge is 0.481 e. The highest BCUT2D eigenvalue weighted by molar-refractivity contribution is 8.00. The number of hydrogen-bond acceptors (Lipinski definition) is 2. The third-order valence-electron chi connectivity index (χ3n) is 3.07. The molecule has 0 aliphatic heterocycles. The van der Waals surface area contributed by atoms with Crippen molar-refractivity contribution in [1.29, 1.82) is 0 Å². The average molecular weight is 314 g/mol. The van der Waals surface area contributed by atoms with E-state index in [1.165, 1.54) is 0 Å². The van der Waals surface area contributed by atoms with Crippen LogP contribution < -0.4 is 0 Å². The van der Waals surface area contributed by atoms with Crippen LogP contribution in [0.4, 0.5) is 13.2 Å². The quantitative estimate of drug-likeness (QED) is 0.569. The highest BCUT2D eigenvalue weighted by Gasteiger charge is 2.28. The van der Waals surface area contributed by atoms with Gasteiger partial charge >= 0.3 is 12.1 Å². The van der Waals surface area contributed by atoms with Gasteiger partial charge in [0.15, 0.2) is 0 Å². The zero-order valence-corrected chi connectivity index (χ0v) is 13.2. The monoisotopic (exact) mass is 314 g/mol. The summed E-state index contributed by atoms with van der Waals surface area (Å²) in [5.74, 6) is -0.503. The first-order valence-corrected chi connectivity index (χ1v) is 7.99. The van der Waals surface area contributed by atoms with Gasteiger partial charge in [-0.05, 0) is 31.4 Å². The lowest BCUT2D eigenvalue weighted by molar-refractivity contribution is -0.142. The molecule has 0 aliphatic carbocycles. The zero-order valence-electron chi connectivity index (χ0n) is 12.4. The van der Waals surface area contributed by atoms with Crippen LogP contribution in [0.2, 0.25) is 0 Å². The van der Waals surface area contributed by atoms with Crippen molar-refractivity contribution in [3.8, 4) is 0 Å². The summed E-state index contributed by atoms with van der Waals surface area (Å²) in [4.78, 5) is 11.1. The van der Waals surface area contributed by atoms with Crippen LogP contribution in [-0.2, 0) is 4.79 Å². The molecule has 1 N–H and O–H groups in total. The summed E-state index contributed by atoms with van der Waals surface area (Å²) in [6, 6.07) is 0. The third kappa shape index (κ3) is 10.4. The topological polar surface area (TPSA) is 37.3 Å². The molecule has 0 aromatic heterocycles. The molecule has 1 unspecified atom stereocenters. The molecule has 0 amide bonds. The highest BCUT2D eigenvalue weighted by atomic mass is 32.2. The number of unbranched alkanes of at least 4 members (excludes halogenated alkanes) is 1.